The van der Waals surface area contributed by atoms with Crippen molar-refractivity contribution in [3.8, 4) is 0 Å². The second-order valence-electron chi connectivity index (χ2n) is 3.64. The molecule has 80 valence electrons. The van der Waals surface area contributed by atoms with E-state index in [1.807, 2.05) is 0 Å². The van der Waals surface area contributed by atoms with Crippen LogP contribution in [-0.4, -0.2) is 29.1 Å². The zero-order valence-corrected chi connectivity index (χ0v) is 8.58. The van der Waals surface area contributed by atoms with Crippen molar-refractivity contribution in [2.75, 3.05) is 6.54 Å². The maximum atomic E-state index is 12.7. The predicted molar refractivity (Wildman–Crippen MR) is 46.1 cm³/mol. The number of nitrogens with one attached hydrogen (secondary N) is 2. The topological polar surface area (TPSA) is 41.1 Å². The van der Waals surface area contributed by atoms with Crippen molar-refractivity contribution in [3.05, 3.63) is 0 Å². The highest BCUT2D eigenvalue weighted by molar-refractivity contribution is 9.10. The number of urea groups is 1. The van der Waals surface area contributed by atoms with Crippen LogP contribution in [0.15, 0.2) is 0 Å². The normalized spacial score (nSPS) is 41.9. The first-order chi connectivity index (χ1) is 6.34. The van der Waals surface area contributed by atoms with E-state index >= 15 is 0 Å². The van der Waals surface area contributed by atoms with Gasteiger partial charge in [-0.2, -0.15) is 13.2 Å². The van der Waals surface area contributed by atoms with Crippen LogP contribution in [0.1, 0.15) is 6.42 Å². The molecule has 0 radical (unpaired) electrons. The molecular weight excluding hydrogens is 265 g/mol. The minimum Gasteiger partial charge on any atom is -0.336 e. The molecule has 0 bridgehead atoms. The van der Waals surface area contributed by atoms with Crippen molar-refractivity contribution < 1.29 is 18.0 Å². The number of hydrogen-bond acceptors (Lipinski definition) is 1. The number of carbonyl (C=O) groups excluding carboxylic acids is 1. The Hall–Kier alpha value is -0.460. The summed E-state index contributed by atoms with van der Waals surface area (Å²) in [6.45, 7) is -0.413. The SMILES string of the molecule is O=C1NCC(Br)(C(F)(F)F)C2C[C@@H]2N1. The summed E-state index contributed by atoms with van der Waals surface area (Å²) >= 11 is 2.72. The summed E-state index contributed by atoms with van der Waals surface area (Å²) in [5.74, 6) is -0.554. The molecule has 7 heteroatoms. The van der Waals surface area contributed by atoms with Crippen LogP contribution in [0.5, 0.6) is 0 Å². The first kappa shape index (κ1) is 10.1. The predicted octanol–water partition coefficient (Wildman–Crippen LogP) is 1.38. The van der Waals surface area contributed by atoms with Gasteiger partial charge in [0.1, 0.15) is 4.32 Å². The molecule has 1 heterocycles. The lowest BCUT2D eigenvalue weighted by molar-refractivity contribution is -0.160. The van der Waals surface area contributed by atoms with Crippen LogP contribution in [0.4, 0.5) is 18.0 Å². The summed E-state index contributed by atoms with van der Waals surface area (Å²) in [5, 5.41) is 4.65. The van der Waals surface area contributed by atoms with Crippen molar-refractivity contribution in [2.24, 2.45) is 5.92 Å². The molecule has 0 aromatic carbocycles. The maximum absolute atomic E-state index is 12.7. The fourth-order valence-corrected chi connectivity index (χ4v) is 2.38. The minimum absolute atomic E-state index is 0.349. The molecule has 14 heavy (non-hydrogen) atoms. The van der Waals surface area contributed by atoms with E-state index in [1.54, 1.807) is 0 Å². The van der Waals surface area contributed by atoms with Crippen LogP contribution in [0.2, 0.25) is 0 Å². The van der Waals surface area contributed by atoms with E-state index in [0.29, 0.717) is 6.42 Å². The fraction of sp³-hybridized carbons (Fsp3) is 0.857. The summed E-state index contributed by atoms with van der Waals surface area (Å²) in [7, 11) is 0. The second kappa shape index (κ2) is 2.77. The molecule has 1 aliphatic heterocycles. The first-order valence-electron chi connectivity index (χ1n) is 4.14. The van der Waals surface area contributed by atoms with Gasteiger partial charge < -0.3 is 10.6 Å². The zero-order valence-electron chi connectivity index (χ0n) is 6.99. The number of amides is 2. The van der Waals surface area contributed by atoms with E-state index < -0.39 is 29.0 Å². The van der Waals surface area contributed by atoms with Gasteiger partial charge in [-0.25, -0.2) is 4.79 Å². The lowest BCUT2D eigenvalue weighted by atomic mass is 10.0. The van der Waals surface area contributed by atoms with Gasteiger partial charge in [0.2, 0.25) is 0 Å². The highest BCUT2D eigenvalue weighted by Crippen LogP contribution is 2.54. The molecule has 0 aromatic heterocycles. The van der Waals surface area contributed by atoms with E-state index in [-0.39, 0.29) is 6.04 Å². The number of rotatable bonds is 0. The molecule has 2 N–H and O–H groups in total. The monoisotopic (exact) mass is 272 g/mol. The molecule has 3 nitrogen and oxygen atoms in total. The Balaban J connectivity index is 2.23. The maximum Gasteiger partial charge on any atom is 0.405 e. The van der Waals surface area contributed by atoms with E-state index in [0.717, 1.165) is 0 Å². The average Bonchev–Trinajstić information content (AvgIpc) is 2.76. The molecule has 2 fully saturated rings. The van der Waals surface area contributed by atoms with Crippen molar-refractivity contribution in [1.29, 1.82) is 0 Å². The van der Waals surface area contributed by atoms with Gasteiger partial charge in [0.15, 0.2) is 0 Å². The number of carbonyl (C=O) groups is 1. The van der Waals surface area contributed by atoms with E-state index in [4.69, 9.17) is 0 Å². The number of alkyl halides is 4. The summed E-state index contributed by atoms with van der Waals surface area (Å²) in [6.07, 6.45) is -3.95. The lowest BCUT2D eigenvalue weighted by Gasteiger charge is -2.28. The third kappa shape index (κ3) is 1.37. The molecule has 2 rings (SSSR count). The van der Waals surface area contributed by atoms with E-state index in [9.17, 15) is 18.0 Å². The Morgan fingerprint density at radius 3 is 2.71 bits per heavy atom. The van der Waals surface area contributed by atoms with Crippen LogP contribution in [0.25, 0.3) is 0 Å². The Labute approximate surface area is 86.5 Å². The molecule has 1 aliphatic carbocycles. The summed E-state index contributed by atoms with van der Waals surface area (Å²) < 4.78 is 36.1. The van der Waals surface area contributed by atoms with E-state index in [2.05, 4.69) is 26.6 Å². The Kier molecular flexibility index (Phi) is 1.99. The zero-order chi connectivity index (χ0) is 10.6. The first-order valence-corrected chi connectivity index (χ1v) is 4.94. The third-order valence-electron chi connectivity index (χ3n) is 2.67. The molecular formula is C7H8BrF3N2O. The fourth-order valence-electron chi connectivity index (χ4n) is 1.73. The third-order valence-corrected chi connectivity index (χ3v) is 3.99. The molecule has 2 unspecified atom stereocenters. The summed E-state index contributed by atoms with van der Waals surface area (Å²) in [5.41, 5.74) is 0. The van der Waals surface area contributed by atoms with E-state index in [1.165, 1.54) is 0 Å². The lowest BCUT2D eigenvalue weighted by Crippen LogP contribution is -2.49. The van der Waals surface area contributed by atoms with Crippen molar-refractivity contribution in [3.63, 3.8) is 0 Å². The van der Waals surface area contributed by atoms with Crippen LogP contribution < -0.4 is 10.6 Å². The quantitative estimate of drug-likeness (QED) is 0.643. The molecule has 1 saturated heterocycles. The number of halogens is 4. The van der Waals surface area contributed by atoms with Crippen molar-refractivity contribution in [2.45, 2.75) is 23.0 Å². The van der Waals surface area contributed by atoms with Crippen LogP contribution >= 0.6 is 15.9 Å². The Morgan fingerprint density at radius 1 is 1.50 bits per heavy atom. The van der Waals surface area contributed by atoms with Gasteiger partial charge in [-0.05, 0) is 6.42 Å². The van der Waals surface area contributed by atoms with Crippen LogP contribution in [0, 0.1) is 5.92 Å². The van der Waals surface area contributed by atoms with Crippen molar-refractivity contribution >= 4 is 22.0 Å². The molecule has 0 aromatic rings. The van der Waals surface area contributed by atoms with Crippen LogP contribution in [0.3, 0.4) is 0 Å². The van der Waals surface area contributed by atoms with Gasteiger partial charge in [-0.3, -0.25) is 0 Å². The minimum atomic E-state index is -4.34. The molecule has 2 amide bonds. The standard InChI is InChI=1S/C7H8BrF3N2O/c8-6(7(9,10)11)2-12-5(14)13-4-1-3(4)6/h3-4H,1-2H2,(H2,12,13,14)/t3?,4-,6?/m0/s1. The molecule has 0 spiro atoms. The number of fused-ring (bicyclic) bond motifs is 1. The highest BCUT2D eigenvalue weighted by Gasteiger charge is 2.66. The van der Waals surface area contributed by atoms with Gasteiger partial charge in [-0.1, -0.05) is 15.9 Å². The Bertz CT molecular complexity index is 283. The molecule has 1 saturated carbocycles. The molecule has 2 aliphatic rings. The largest absolute Gasteiger partial charge is 0.405 e. The van der Waals surface area contributed by atoms with Gasteiger partial charge >= 0.3 is 12.2 Å². The van der Waals surface area contributed by atoms with Gasteiger partial charge in [0.25, 0.3) is 0 Å². The Morgan fingerprint density at radius 2 is 2.14 bits per heavy atom. The highest BCUT2D eigenvalue weighted by atomic mass is 79.9. The summed E-state index contributed by atoms with van der Waals surface area (Å²) in [6, 6.07) is -0.874. The van der Waals surface area contributed by atoms with Crippen molar-refractivity contribution in [1.82, 2.24) is 10.6 Å². The van der Waals surface area contributed by atoms with Gasteiger partial charge in [0.05, 0.1) is 0 Å². The molecule has 3 atom stereocenters. The smallest absolute Gasteiger partial charge is 0.336 e. The average molecular weight is 273 g/mol. The van der Waals surface area contributed by atoms with Gasteiger partial charge in [0, 0.05) is 18.5 Å². The van der Waals surface area contributed by atoms with Crippen LogP contribution in [-0.2, 0) is 0 Å². The number of hydrogen-bond donors (Lipinski definition) is 2. The summed E-state index contributed by atoms with van der Waals surface area (Å²) in [4.78, 5) is 10.9. The second-order valence-corrected chi connectivity index (χ2v) is 5.05. The van der Waals surface area contributed by atoms with Gasteiger partial charge in [-0.15, -0.1) is 0 Å².